The molecule has 4 heteroatoms. The highest BCUT2D eigenvalue weighted by molar-refractivity contribution is 7.99. The number of carbonyl (C=O) groups excluding carboxylic acids is 1. The molecule has 0 aromatic carbocycles. The summed E-state index contributed by atoms with van der Waals surface area (Å²) in [6.07, 6.45) is 5.64. The smallest absolute Gasteiger partial charge is 0.135 e. The van der Waals surface area contributed by atoms with Crippen molar-refractivity contribution in [3.05, 3.63) is 16.1 Å². The molecule has 0 bridgehead atoms. The van der Waals surface area contributed by atoms with E-state index in [1.165, 1.54) is 30.0 Å². The molecule has 0 radical (unpaired) electrons. The van der Waals surface area contributed by atoms with Crippen LogP contribution in [0.1, 0.15) is 36.9 Å². The molecule has 0 N–H and O–H groups in total. The molecule has 2 rings (SSSR count). The third-order valence-electron chi connectivity index (χ3n) is 2.71. The summed E-state index contributed by atoms with van der Waals surface area (Å²) in [5, 5.41) is 3.99. The predicted octanol–water partition coefficient (Wildman–Crippen LogP) is 3.10. The van der Waals surface area contributed by atoms with Crippen LogP contribution >= 0.6 is 23.1 Å². The molecule has 88 valence electrons. The number of rotatable bonds is 4. The van der Waals surface area contributed by atoms with E-state index in [0.717, 1.165) is 17.4 Å². The van der Waals surface area contributed by atoms with Crippen molar-refractivity contribution in [2.45, 2.75) is 44.3 Å². The van der Waals surface area contributed by atoms with Gasteiger partial charge in [0.05, 0.1) is 10.7 Å². The van der Waals surface area contributed by atoms with Gasteiger partial charge in [0.25, 0.3) is 0 Å². The zero-order chi connectivity index (χ0) is 11.4. The molecular weight excluding hydrogens is 238 g/mol. The van der Waals surface area contributed by atoms with E-state index in [2.05, 4.69) is 16.7 Å². The molecule has 0 saturated carbocycles. The van der Waals surface area contributed by atoms with E-state index in [4.69, 9.17) is 0 Å². The molecule has 1 atom stereocenters. The molecular formula is C12H17NOS2. The number of Topliss-reactive ketones (excluding diaryl/α,β-unsaturated/α-hetero) is 1. The molecule has 2 heterocycles. The molecule has 1 saturated heterocycles. The van der Waals surface area contributed by atoms with Crippen LogP contribution in [0.4, 0.5) is 0 Å². The van der Waals surface area contributed by atoms with Gasteiger partial charge < -0.3 is 0 Å². The van der Waals surface area contributed by atoms with E-state index in [0.29, 0.717) is 6.42 Å². The lowest BCUT2D eigenvalue weighted by Crippen LogP contribution is -2.12. The maximum absolute atomic E-state index is 11.0. The number of ketones is 1. The van der Waals surface area contributed by atoms with Gasteiger partial charge in [-0.1, -0.05) is 6.42 Å². The highest BCUT2D eigenvalue weighted by Gasteiger charge is 2.16. The van der Waals surface area contributed by atoms with Gasteiger partial charge in [0, 0.05) is 23.5 Å². The minimum absolute atomic E-state index is 0.198. The molecule has 0 aliphatic carbocycles. The minimum Gasteiger partial charge on any atom is -0.300 e. The van der Waals surface area contributed by atoms with Crippen LogP contribution in [0.2, 0.25) is 0 Å². The molecule has 1 aliphatic rings. The van der Waals surface area contributed by atoms with Crippen LogP contribution in [0.5, 0.6) is 0 Å². The van der Waals surface area contributed by atoms with Gasteiger partial charge in [-0.3, -0.25) is 4.79 Å². The summed E-state index contributed by atoms with van der Waals surface area (Å²) in [6.45, 7) is 1.62. The zero-order valence-corrected chi connectivity index (χ0v) is 11.2. The standard InChI is InChI=1S/C12H17NOS2/c1-9(14)6-10-8-16-12(13-10)7-11-4-2-3-5-15-11/h8,11H,2-7H2,1H3. The second-order valence-electron chi connectivity index (χ2n) is 4.30. The summed E-state index contributed by atoms with van der Waals surface area (Å²) in [6, 6.07) is 0. The molecule has 1 aromatic rings. The molecule has 16 heavy (non-hydrogen) atoms. The SMILES string of the molecule is CC(=O)Cc1csc(CC2CCCCS2)n1. The van der Waals surface area contributed by atoms with Crippen molar-refractivity contribution in [2.75, 3.05) is 5.75 Å². The lowest BCUT2D eigenvalue weighted by atomic mass is 10.1. The number of nitrogens with zero attached hydrogens (tertiary/aromatic N) is 1. The molecule has 0 amide bonds. The molecule has 2 nitrogen and oxygen atoms in total. The Morgan fingerprint density at radius 3 is 3.12 bits per heavy atom. The largest absolute Gasteiger partial charge is 0.300 e. The summed E-state index contributed by atoms with van der Waals surface area (Å²) in [5.41, 5.74) is 0.952. The third kappa shape index (κ3) is 3.59. The van der Waals surface area contributed by atoms with Crippen LogP contribution < -0.4 is 0 Å². The maximum atomic E-state index is 11.0. The first-order valence-corrected chi connectivity index (χ1v) is 7.71. The van der Waals surface area contributed by atoms with Gasteiger partial charge in [0.2, 0.25) is 0 Å². The van der Waals surface area contributed by atoms with Crippen LogP contribution in [0.3, 0.4) is 0 Å². The van der Waals surface area contributed by atoms with Crippen molar-refractivity contribution in [2.24, 2.45) is 0 Å². The van der Waals surface area contributed by atoms with Crippen molar-refractivity contribution in [3.8, 4) is 0 Å². The Kier molecular flexibility index (Phi) is 4.41. The van der Waals surface area contributed by atoms with Gasteiger partial charge in [0.15, 0.2) is 0 Å². The molecule has 1 aromatic heterocycles. The molecule has 1 unspecified atom stereocenters. The second kappa shape index (κ2) is 5.82. The molecule has 1 fully saturated rings. The van der Waals surface area contributed by atoms with Gasteiger partial charge in [-0.25, -0.2) is 4.98 Å². The first-order chi connectivity index (χ1) is 7.74. The summed E-state index contributed by atoms with van der Waals surface area (Å²) in [4.78, 5) is 15.5. The van der Waals surface area contributed by atoms with Crippen molar-refractivity contribution in [3.63, 3.8) is 0 Å². The topological polar surface area (TPSA) is 30.0 Å². The van der Waals surface area contributed by atoms with E-state index >= 15 is 0 Å². The van der Waals surface area contributed by atoms with Crippen LogP contribution in [-0.2, 0) is 17.6 Å². The summed E-state index contributed by atoms with van der Waals surface area (Å²) >= 11 is 3.79. The second-order valence-corrected chi connectivity index (χ2v) is 6.65. The van der Waals surface area contributed by atoms with Crippen molar-refractivity contribution >= 4 is 28.9 Å². The fraction of sp³-hybridized carbons (Fsp3) is 0.667. The van der Waals surface area contributed by atoms with E-state index in [1.807, 2.05) is 5.38 Å². The van der Waals surface area contributed by atoms with Crippen LogP contribution in [0, 0.1) is 0 Å². The Morgan fingerprint density at radius 1 is 1.56 bits per heavy atom. The average Bonchev–Trinajstić information content (AvgIpc) is 2.66. The first kappa shape index (κ1) is 12.1. The predicted molar refractivity (Wildman–Crippen MR) is 70.3 cm³/mol. The fourth-order valence-electron chi connectivity index (χ4n) is 1.94. The highest BCUT2D eigenvalue weighted by Crippen LogP contribution is 2.28. The van der Waals surface area contributed by atoms with Gasteiger partial charge in [-0.05, 0) is 25.5 Å². The third-order valence-corrected chi connectivity index (χ3v) is 5.02. The zero-order valence-electron chi connectivity index (χ0n) is 9.57. The maximum Gasteiger partial charge on any atom is 0.135 e. The van der Waals surface area contributed by atoms with Gasteiger partial charge in [0.1, 0.15) is 5.78 Å². The van der Waals surface area contributed by atoms with Crippen LogP contribution in [-0.4, -0.2) is 21.8 Å². The Morgan fingerprint density at radius 2 is 2.44 bits per heavy atom. The summed E-state index contributed by atoms with van der Waals surface area (Å²) in [7, 11) is 0. The number of thiazole rings is 1. The van der Waals surface area contributed by atoms with Crippen LogP contribution in [0.15, 0.2) is 5.38 Å². The molecule has 0 spiro atoms. The average molecular weight is 255 g/mol. The minimum atomic E-state index is 0.198. The van der Waals surface area contributed by atoms with E-state index in [9.17, 15) is 4.79 Å². The van der Waals surface area contributed by atoms with Crippen molar-refractivity contribution in [1.29, 1.82) is 0 Å². The Labute approximate surface area is 105 Å². The van der Waals surface area contributed by atoms with E-state index < -0.39 is 0 Å². The number of carbonyl (C=O) groups is 1. The number of hydrogen-bond acceptors (Lipinski definition) is 4. The van der Waals surface area contributed by atoms with E-state index in [-0.39, 0.29) is 5.78 Å². The van der Waals surface area contributed by atoms with Crippen LogP contribution in [0.25, 0.3) is 0 Å². The lowest BCUT2D eigenvalue weighted by molar-refractivity contribution is -0.116. The monoisotopic (exact) mass is 255 g/mol. The number of aromatic nitrogens is 1. The van der Waals surface area contributed by atoms with Crippen molar-refractivity contribution in [1.82, 2.24) is 4.98 Å². The van der Waals surface area contributed by atoms with Gasteiger partial charge in [-0.2, -0.15) is 11.8 Å². The quantitative estimate of drug-likeness (QED) is 0.828. The molecule has 1 aliphatic heterocycles. The normalized spacial score (nSPS) is 20.9. The summed E-state index contributed by atoms with van der Waals surface area (Å²) < 4.78 is 0. The highest BCUT2D eigenvalue weighted by atomic mass is 32.2. The lowest BCUT2D eigenvalue weighted by Gasteiger charge is -2.19. The van der Waals surface area contributed by atoms with E-state index in [1.54, 1.807) is 18.3 Å². The first-order valence-electron chi connectivity index (χ1n) is 5.78. The fourth-order valence-corrected chi connectivity index (χ4v) is 4.24. The Hall–Kier alpha value is -0.350. The Balaban J connectivity index is 1.88. The van der Waals surface area contributed by atoms with Crippen molar-refractivity contribution < 1.29 is 4.79 Å². The van der Waals surface area contributed by atoms with Gasteiger partial charge >= 0.3 is 0 Å². The Bertz CT molecular complexity index is 356. The number of thioether (sulfide) groups is 1. The summed E-state index contributed by atoms with van der Waals surface area (Å²) in [5.74, 6) is 1.50. The number of hydrogen-bond donors (Lipinski definition) is 0. The van der Waals surface area contributed by atoms with Gasteiger partial charge in [-0.15, -0.1) is 11.3 Å².